The molecule has 15 heavy (non-hydrogen) atoms. The topological polar surface area (TPSA) is 15.7 Å². The minimum Gasteiger partial charge on any atom is -0.383 e. The number of methoxy groups -OCH3 is 1. The van der Waals surface area contributed by atoms with E-state index < -0.39 is 0 Å². The molecule has 0 aliphatic carbocycles. The van der Waals surface area contributed by atoms with Gasteiger partial charge in [-0.3, -0.25) is 0 Å². The highest BCUT2D eigenvalue weighted by molar-refractivity contribution is 4.79. The standard InChI is InChI=1S/C12H26N2O/c1-11(2)14-7-5-12(6-8-14)13(3)9-10-15-4/h11-12H,5-10H2,1-4H3. The van der Waals surface area contributed by atoms with E-state index >= 15 is 0 Å². The van der Waals surface area contributed by atoms with Gasteiger partial charge in [-0.1, -0.05) is 0 Å². The molecule has 3 nitrogen and oxygen atoms in total. The second kappa shape index (κ2) is 6.46. The van der Waals surface area contributed by atoms with Crippen LogP contribution in [0.2, 0.25) is 0 Å². The zero-order chi connectivity index (χ0) is 11.3. The van der Waals surface area contributed by atoms with Gasteiger partial charge < -0.3 is 14.5 Å². The predicted molar refractivity (Wildman–Crippen MR) is 64.2 cm³/mol. The first-order valence-corrected chi connectivity index (χ1v) is 6.08. The molecule has 3 heteroatoms. The fourth-order valence-electron chi connectivity index (χ4n) is 2.26. The van der Waals surface area contributed by atoms with Gasteiger partial charge in [-0.25, -0.2) is 0 Å². The third-order valence-electron chi connectivity index (χ3n) is 3.50. The van der Waals surface area contributed by atoms with Crippen molar-refractivity contribution in [1.29, 1.82) is 0 Å². The maximum atomic E-state index is 5.11. The monoisotopic (exact) mass is 214 g/mol. The first-order valence-electron chi connectivity index (χ1n) is 6.08. The number of piperidine rings is 1. The summed E-state index contributed by atoms with van der Waals surface area (Å²) in [5.74, 6) is 0. The number of ether oxygens (including phenoxy) is 1. The molecule has 1 heterocycles. The van der Waals surface area contributed by atoms with E-state index in [4.69, 9.17) is 4.74 Å². The summed E-state index contributed by atoms with van der Waals surface area (Å²) in [6, 6.07) is 1.46. The van der Waals surface area contributed by atoms with E-state index in [1.807, 2.05) is 0 Å². The van der Waals surface area contributed by atoms with Gasteiger partial charge in [0, 0.05) is 25.7 Å². The molecule has 0 aromatic carbocycles. The Labute approximate surface area is 94.4 Å². The third-order valence-corrected chi connectivity index (χ3v) is 3.50. The van der Waals surface area contributed by atoms with E-state index in [1.165, 1.54) is 25.9 Å². The number of nitrogens with zero attached hydrogens (tertiary/aromatic N) is 2. The van der Waals surface area contributed by atoms with Gasteiger partial charge in [-0.05, 0) is 46.8 Å². The van der Waals surface area contributed by atoms with Crippen LogP contribution in [-0.2, 0) is 4.74 Å². The van der Waals surface area contributed by atoms with Crippen LogP contribution in [0.1, 0.15) is 26.7 Å². The van der Waals surface area contributed by atoms with Crippen LogP contribution >= 0.6 is 0 Å². The van der Waals surface area contributed by atoms with Crippen molar-refractivity contribution in [3.8, 4) is 0 Å². The van der Waals surface area contributed by atoms with Crippen LogP contribution in [0.25, 0.3) is 0 Å². The van der Waals surface area contributed by atoms with Gasteiger partial charge >= 0.3 is 0 Å². The minimum absolute atomic E-state index is 0.704. The van der Waals surface area contributed by atoms with Crippen LogP contribution in [-0.4, -0.2) is 62.3 Å². The molecule has 1 aliphatic heterocycles. The first kappa shape index (κ1) is 12.9. The zero-order valence-corrected chi connectivity index (χ0v) is 10.7. The fraction of sp³-hybridized carbons (Fsp3) is 1.00. The molecule has 0 saturated carbocycles. The molecule has 1 fully saturated rings. The number of rotatable bonds is 5. The highest BCUT2D eigenvalue weighted by Gasteiger charge is 2.23. The van der Waals surface area contributed by atoms with Gasteiger partial charge in [0.05, 0.1) is 6.61 Å². The lowest BCUT2D eigenvalue weighted by molar-refractivity contribution is 0.0856. The van der Waals surface area contributed by atoms with Gasteiger partial charge in [-0.2, -0.15) is 0 Å². The summed E-state index contributed by atoms with van der Waals surface area (Å²) in [5, 5.41) is 0. The van der Waals surface area contributed by atoms with Crippen molar-refractivity contribution in [3.05, 3.63) is 0 Å². The summed E-state index contributed by atoms with van der Waals surface area (Å²) < 4.78 is 5.11. The normalized spacial score (nSPS) is 20.4. The SMILES string of the molecule is COCCN(C)C1CCN(C(C)C)CC1. The van der Waals surface area contributed by atoms with Crippen molar-refractivity contribution in [3.63, 3.8) is 0 Å². The number of likely N-dealkylation sites (N-methyl/N-ethyl adjacent to an activating group) is 1. The molecule has 0 aromatic heterocycles. The molecular weight excluding hydrogens is 188 g/mol. The Bertz CT molecular complexity index is 165. The van der Waals surface area contributed by atoms with Crippen molar-refractivity contribution in [2.24, 2.45) is 0 Å². The van der Waals surface area contributed by atoms with Gasteiger partial charge in [0.2, 0.25) is 0 Å². The Hall–Kier alpha value is -0.120. The van der Waals surface area contributed by atoms with Crippen LogP contribution in [0.4, 0.5) is 0 Å². The molecule has 0 spiro atoms. The third kappa shape index (κ3) is 4.09. The van der Waals surface area contributed by atoms with E-state index in [9.17, 15) is 0 Å². The van der Waals surface area contributed by atoms with Crippen molar-refractivity contribution in [2.45, 2.75) is 38.8 Å². The molecule has 0 aromatic rings. The van der Waals surface area contributed by atoms with E-state index in [0.717, 1.165) is 19.2 Å². The Morgan fingerprint density at radius 1 is 1.33 bits per heavy atom. The van der Waals surface area contributed by atoms with Crippen molar-refractivity contribution in [1.82, 2.24) is 9.80 Å². The minimum atomic E-state index is 0.704. The molecular formula is C12H26N2O. The number of hydrogen-bond donors (Lipinski definition) is 0. The fourth-order valence-corrected chi connectivity index (χ4v) is 2.26. The molecule has 1 saturated heterocycles. The van der Waals surface area contributed by atoms with Crippen molar-refractivity contribution in [2.75, 3.05) is 40.4 Å². The molecule has 90 valence electrons. The van der Waals surface area contributed by atoms with Gasteiger partial charge in [0.25, 0.3) is 0 Å². The summed E-state index contributed by atoms with van der Waals surface area (Å²) in [7, 11) is 3.99. The lowest BCUT2D eigenvalue weighted by Crippen LogP contribution is -2.46. The highest BCUT2D eigenvalue weighted by atomic mass is 16.5. The summed E-state index contributed by atoms with van der Waals surface area (Å²) in [4.78, 5) is 5.02. The first-order chi connectivity index (χ1) is 7.15. The largest absolute Gasteiger partial charge is 0.383 e. The summed E-state index contributed by atoms with van der Waals surface area (Å²) >= 11 is 0. The zero-order valence-electron chi connectivity index (χ0n) is 10.7. The van der Waals surface area contributed by atoms with Crippen LogP contribution in [0, 0.1) is 0 Å². The van der Waals surface area contributed by atoms with Crippen LogP contribution in [0.5, 0.6) is 0 Å². The summed E-state index contributed by atoms with van der Waals surface area (Å²) in [6.07, 6.45) is 2.61. The average molecular weight is 214 g/mol. The summed E-state index contributed by atoms with van der Waals surface area (Å²) in [5.41, 5.74) is 0. The maximum Gasteiger partial charge on any atom is 0.0589 e. The molecule has 0 bridgehead atoms. The molecule has 1 aliphatic rings. The molecule has 0 amide bonds. The molecule has 0 unspecified atom stereocenters. The van der Waals surface area contributed by atoms with Crippen LogP contribution < -0.4 is 0 Å². The Balaban J connectivity index is 2.24. The van der Waals surface area contributed by atoms with Gasteiger partial charge in [-0.15, -0.1) is 0 Å². The smallest absolute Gasteiger partial charge is 0.0589 e. The quantitative estimate of drug-likeness (QED) is 0.689. The second-order valence-electron chi connectivity index (χ2n) is 4.83. The summed E-state index contributed by atoms with van der Waals surface area (Å²) in [6.45, 7) is 8.98. The Morgan fingerprint density at radius 3 is 2.40 bits per heavy atom. The van der Waals surface area contributed by atoms with Gasteiger partial charge in [0.15, 0.2) is 0 Å². The van der Waals surface area contributed by atoms with E-state index in [1.54, 1.807) is 7.11 Å². The van der Waals surface area contributed by atoms with Crippen molar-refractivity contribution >= 4 is 0 Å². The maximum absolute atomic E-state index is 5.11. The lowest BCUT2D eigenvalue weighted by Gasteiger charge is -2.38. The van der Waals surface area contributed by atoms with Crippen molar-refractivity contribution < 1.29 is 4.74 Å². The van der Waals surface area contributed by atoms with Gasteiger partial charge in [0.1, 0.15) is 0 Å². The Kier molecular flexibility index (Phi) is 5.58. The molecule has 0 atom stereocenters. The van der Waals surface area contributed by atoms with E-state index in [0.29, 0.717) is 6.04 Å². The predicted octanol–water partition coefficient (Wildman–Crippen LogP) is 1.44. The average Bonchev–Trinajstić information content (AvgIpc) is 2.26. The number of hydrogen-bond acceptors (Lipinski definition) is 3. The molecule has 1 rings (SSSR count). The van der Waals surface area contributed by atoms with Crippen LogP contribution in [0.3, 0.4) is 0 Å². The molecule has 0 radical (unpaired) electrons. The van der Waals surface area contributed by atoms with E-state index in [2.05, 4.69) is 30.7 Å². The van der Waals surface area contributed by atoms with E-state index in [-0.39, 0.29) is 0 Å². The van der Waals surface area contributed by atoms with Crippen LogP contribution in [0.15, 0.2) is 0 Å². The number of likely N-dealkylation sites (tertiary alicyclic amines) is 1. The lowest BCUT2D eigenvalue weighted by atomic mass is 10.0. The molecule has 0 N–H and O–H groups in total. The Morgan fingerprint density at radius 2 is 1.93 bits per heavy atom. The highest BCUT2D eigenvalue weighted by Crippen LogP contribution is 2.16. The second-order valence-corrected chi connectivity index (χ2v) is 4.83.